The Balaban J connectivity index is 0. The lowest BCUT2D eigenvalue weighted by Gasteiger charge is -2.03. The molecule has 0 aliphatic heterocycles. The van der Waals surface area contributed by atoms with E-state index in [-0.39, 0.29) is 18.8 Å². The van der Waals surface area contributed by atoms with Crippen LogP contribution >= 0.6 is 0 Å². The molecule has 10 heteroatoms. The van der Waals surface area contributed by atoms with Gasteiger partial charge in [0.1, 0.15) is 6.04 Å². The summed E-state index contributed by atoms with van der Waals surface area (Å²) in [6, 6.07) is -0.820. The minimum atomic E-state index is -1.01. The predicted octanol–water partition coefficient (Wildman–Crippen LogP) is -0.996. The Bertz CT molecular complexity index is 406. The van der Waals surface area contributed by atoms with Gasteiger partial charge in [-0.25, -0.2) is 0 Å². The Morgan fingerprint density at radius 3 is 1.88 bits per heavy atom. The molecule has 0 amide bonds. The standard InChI is InChI=1S/C9H16O4.C6H14N4O2/c10-8(11)6-4-2-1-3-5-7-9(12)13;7-4(5(11)12)2-1-3-10-6(8)9/h1-7H2,(H,10,11)(H,12,13);4H,1-3,7H2,(H,11,12)(H4,8,9,10)/p-1/t;4-/m.0/s1. The van der Waals surface area contributed by atoms with Crippen LogP contribution in [0.2, 0.25) is 0 Å². The van der Waals surface area contributed by atoms with Gasteiger partial charge in [0.2, 0.25) is 0 Å². The van der Waals surface area contributed by atoms with Gasteiger partial charge in [0.25, 0.3) is 0 Å². The quantitative estimate of drug-likeness (QED) is 0.155. The largest absolute Gasteiger partial charge is 0.550 e. The first-order valence-electron chi connectivity index (χ1n) is 8.12. The molecule has 8 N–H and O–H groups in total. The van der Waals surface area contributed by atoms with E-state index in [0.717, 1.165) is 19.3 Å². The summed E-state index contributed by atoms with van der Waals surface area (Å²) < 4.78 is 0. The fourth-order valence-electron chi connectivity index (χ4n) is 1.72. The van der Waals surface area contributed by atoms with Gasteiger partial charge in [0.05, 0.1) is 0 Å². The van der Waals surface area contributed by atoms with Crippen molar-refractivity contribution in [3.8, 4) is 0 Å². The number of guanidine groups is 1. The molecule has 146 valence electrons. The van der Waals surface area contributed by atoms with Crippen molar-refractivity contribution in [3.05, 3.63) is 0 Å². The van der Waals surface area contributed by atoms with E-state index in [9.17, 15) is 19.5 Å². The normalized spacial score (nSPS) is 10.9. The summed E-state index contributed by atoms with van der Waals surface area (Å²) >= 11 is 0. The second-order valence-corrected chi connectivity index (χ2v) is 5.43. The topological polar surface area (TPSA) is 205 Å². The number of carbonyl (C=O) groups excluding carboxylic acids is 1. The van der Waals surface area contributed by atoms with Crippen LogP contribution < -0.4 is 22.3 Å². The van der Waals surface area contributed by atoms with E-state index in [1.54, 1.807) is 0 Å². The molecule has 10 nitrogen and oxygen atoms in total. The van der Waals surface area contributed by atoms with Crippen molar-refractivity contribution >= 4 is 23.9 Å². The van der Waals surface area contributed by atoms with Crippen LogP contribution in [0.5, 0.6) is 0 Å². The summed E-state index contributed by atoms with van der Waals surface area (Å²) in [6.45, 7) is 0.420. The zero-order valence-corrected chi connectivity index (χ0v) is 14.4. The molecule has 0 aromatic rings. The van der Waals surface area contributed by atoms with Gasteiger partial charge in [-0.1, -0.05) is 19.3 Å². The SMILES string of the molecule is NC(N)=NCCC[C@H](N)C(=O)O.O=C([O-])CCCCCCCC(=O)O. The third-order valence-corrected chi connectivity index (χ3v) is 3.06. The molecule has 25 heavy (non-hydrogen) atoms. The molecule has 0 rings (SSSR count). The van der Waals surface area contributed by atoms with Crippen molar-refractivity contribution in [2.45, 2.75) is 63.8 Å². The number of carboxylic acid groups (broad SMARTS) is 3. The van der Waals surface area contributed by atoms with E-state index in [4.69, 9.17) is 27.4 Å². The van der Waals surface area contributed by atoms with Crippen LogP contribution in [0.1, 0.15) is 57.8 Å². The minimum absolute atomic E-state index is 0.0129. The molecule has 0 bridgehead atoms. The lowest BCUT2D eigenvalue weighted by molar-refractivity contribution is -0.305. The molecule has 0 saturated heterocycles. The molecular formula is C15H29N4O6-. The number of carbonyl (C=O) groups is 3. The molecule has 0 heterocycles. The Hall–Kier alpha value is -2.36. The Labute approximate surface area is 147 Å². The Kier molecular flexibility index (Phi) is 16.4. The first-order chi connectivity index (χ1) is 11.7. The summed E-state index contributed by atoms with van der Waals surface area (Å²) in [7, 11) is 0. The maximum Gasteiger partial charge on any atom is 0.320 e. The van der Waals surface area contributed by atoms with Crippen molar-refractivity contribution in [2.75, 3.05) is 6.54 Å². The van der Waals surface area contributed by atoms with Gasteiger partial charge in [-0.2, -0.15) is 0 Å². The number of rotatable bonds is 13. The second kappa shape index (κ2) is 16.5. The van der Waals surface area contributed by atoms with Gasteiger partial charge in [-0.15, -0.1) is 0 Å². The Morgan fingerprint density at radius 2 is 1.44 bits per heavy atom. The maximum absolute atomic E-state index is 10.2. The zero-order chi connectivity index (χ0) is 19.7. The molecule has 0 aromatic carbocycles. The minimum Gasteiger partial charge on any atom is -0.550 e. The molecule has 0 fully saturated rings. The second-order valence-electron chi connectivity index (χ2n) is 5.43. The fourth-order valence-corrected chi connectivity index (χ4v) is 1.72. The van der Waals surface area contributed by atoms with Gasteiger partial charge < -0.3 is 37.3 Å². The van der Waals surface area contributed by atoms with E-state index in [2.05, 4.69) is 4.99 Å². The zero-order valence-electron chi connectivity index (χ0n) is 14.4. The van der Waals surface area contributed by atoms with Crippen LogP contribution in [0, 0.1) is 0 Å². The van der Waals surface area contributed by atoms with Crippen LogP contribution in [-0.4, -0.2) is 46.7 Å². The maximum atomic E-state index is 10.2. The molecular weight excluding hydrogens is 332 g/mol. The highest BCUT2D eigenvalue weighted by Gasteiger charge is 2.09. The fraction of sp³-hybridized carbons (Fsp3) is 0.733. The summed E-state index contributed by atoms with van der Waals surface area (Å²) in [5.41, 5.74) is 15.3. The van der Waals surface area contributed by atoms with E-state index >= 15 is 0 Å². The third-order valence-electron chi connectivity index (χ3n) is 3.06. The number of unbranched alkanes of at least 4 members (excludes halogenated alkanes) is 4. The molecule has 1 atom stereocenters. The van der Waals surface area contributed by atoms with Crippen LogP contribution in [0.25, 0.3) is 0 Å². The predicted molar refractivity (Wildman–Crippen MR) is 90.5 cm³/mol. The molecule has 0 radical (unpaired) electrons. The molecule has 0 aliphatic rings. The number of nitrogens with two attached hydrogens (primary N) is 3. The molecule has 0 spiro atoms. The van der Waals surface area contributed by atoms with Gasteiger partial charge >= 0.3 is 11.9 Å². The number of aliphatic imine (C=N–C) groups is 1. The van der Waals surface area contributed by atoms with Crippen molar-refractivity contribution in [1.82, 2.24) is 0 Å². The number of nitrogens with zero attached hydrogens (tertiary/aromatic N) is 1. The van der Waals surface area contributed by atoms with Gasteiger partial charge in [0, 0.05) is 18.9 Å². The summed E-state index contributed by atoms with van der Waals surface area (Å²) in [6.07, 6.45) is 5.19. The number of carboxylic acids is 3. The Morgan fingerprint density at radius 1 is 0.920 bits per heavy atom. The smallest absolute Gasteiger partial charge is 0.320 e. The average Bonchev–Trinajstić information content (AvgIpc) is 2.50. The van der Waals surface area contributed by atoms with Crippen molar-refractivity contribution in [1.29, 1.82) is 0 Å². The van der Waals surface area contributed by atoms with Crippen LogP contribution in [0.3, 0.4) is 0 Å². The lowest BCUT2D eigenvalue weighted by atomic mass is 10.1. The highest BCUT2D eigenvalue weighted by molar-refractivity contribution is 5.75. The third kappa shape index (κ3) is 24.0. The van der Waals surface area contributed by atoms with Gasteiger partial charge in [-0.05, 0) is 32.1 Å². The monoisotopic (exact) mass is 361 g/mol. The van der Waals surface area contributed by atoms with Gasteiger partial charge in [-0.3, -0.25) is 14.6 Å². The summed E-state index contributed by atoms with van der Waals surface area (Å²) in [4.78, 5) is 34.0. The van der Waals surface area contributed by atoms with E-state index < -0.39 is 23.9 Å². The van der Waals surface area contributed by atoms with E-state index in [0.29, 0.717) is 32.2 Å². The lowest BCUT2D eigenvalue weighted by Crippen LogP contribution is -2.30. The first-order valence-corrected chi connectivity index (χ1v) is 8.12. The summed E-state index contributed by atoms with van der Waals surface area (Å²) in [5.74, 6) is -2.76. The van der Waals surface area contributed by atoms with E-state index in [1.807, 2.05) is 0 Å². The van der Waals surface area contributed by atoms with E-state index in [1.165, 1.54) is 0 Å². The van der Waals surface area contributed by atoms with Crippen molar-refractivity contribution < 1.29 is 29.7 Å². The molecule has 0 saturated carbocycles. The molecule has 0 aliphatic carbocycles. The number of hydrogen-bond donors (Lipinski definition) is 5. The van der Waals surface area contributed by atoms with Crippen molar-refractivity contribution in [3.63, 3.8) is 0 Å². The number of aliphatic carboxylic acids is 3. The van der Waals surface area contributed by atoms with Crippen molar-refractivity contribution in [2.24, 2.45) is 22.2 Å². The highest BCUT2D eigenvalue weighted by Crippen LogP contribution is 2.06. The van der Waals surface area contributed by atoms with Crippen LogP contribution in [-0.2, 0) is 14.4 Å². The number of hydrogen-bond acceptors (Lipinski definition) is 6. The first kappa shape index (κ1) is 24.9. The molecule has 0 unspecified atom stereocenters. The van der Waals surface area contributed by atoms with Crippen LogP contribution in [0.15, 0.2) is 4.99 Å². The average molecular weight is 361 g/mol. The molecule has 0 aromatic heterocycles. The summed E-state index contributed by atoms with van der Waals surface area (Å²) in [5, 5.41) is 26.7. The highest BCUT2D eigenvalue weighted by atomic mass is 16.4. The van der Waals surface area contributed by atoms with Gasteiger partial charge in [0.15, 0.2) is 5.96 Å². The van der Waals surface area contributed by atoms with Crippen LogP contribution in [0.4, 0.5) is 0 Å².